The van der Waals surface area contributed by atoms with Crippen LogP contribution in [0.1, 0.15) is 57.9 Å². The van der Waals surface area contributed by atoms with E-state index in [1.165, 1.54) is 12.1 Å². The third kappa shape index (κ3) is 12.7. The number of alkyl halides is 3. The first-order chi connectivity index (χ1) is 13.8. The molecule has 1 rings (SSSR count). The van der Waals surface area contributed by atoms with Crippen LogP contribution in [0.25, 0.3) is 0 Å². The minimum Gasteiger partial charge on any atom is -0.478 e. The molecule has 0 aliphatic carbocycles. The van der Waals surface area contributed by atoms with Gasteiger partial charge in [0.05, 0.1) is 12.2 Å². The number of hydrogen-bond donors (Lipinski definition) is 1. The number of allylic oxidation sites excluding steroid dienone is 3. The molecule has 0 saturated carbocycles. The largest absolute Gasteiger partial charge is 0.478 e. The minimum absolute atomic E-state index is 0.0722. The molecule has 4 nitrogen and oxygen atoms in total. The Morgan fingerprint density at radius 2 is 1.86 bits per heavy atom. The van der Waals surface area contributed by atoms with Crippen molar-refractivity contribution in [2.45, 2.75) is 58.5 Å². The van der Waals surface area contributed by atoms with Gasteiger partial charge in [-0.05, 0) is 31.2 Å². The van der Waals surface area contributed by atoms with E-state index in [4.69, 9.17) is 4.74 Å². The van der Waals surface area contributed by atoms with E-state index in [-0.39, 0.29) is 11.8 Å². The molecule has 7 heteroatoms. The topological polar surface area (TPSA) is 51.2 Å². The Bertz CT molecular complexity index is 638. The van der Waals surface area contributed by atoms with Crippen LogP contribution in [0.2, 0.25) is 0 Å². The van der Waals surface area contributed by atoms with Crippen molar-refractivity contribution in [3.63, 3.8) is 0 Å². The summed E-state index contributed by atoms with van der Waals surface area (Å²) in [5, 5.41) is 2.82. The third-order valence-corrected chi connectivity index (χ3v) is 4.01. The summed E-state index contributed by atoms with van der Waals surface area (Å²) >= 11 is 0. The number of ether oxygens (including phenoxy) is 1. The molecule has 0 fully saturated rings. The van der Waals surface area contributed by atoms with Crippen molar-refractivity contribution in [1.82, 2.24) is 10.3 Å². The van der Waals surface area contributed by atoms with Gasteiger partial charge in [-0.3, -0.25) is 4.79 Å². The molecule has 1 N–H and O–H groups in total. The number of nitrogens with one attached hydrogen (secondary N) is 1. The number of carbonyl (C=O) groups excluding carboxylic acids is 1. The molecule has 29 heavy (non-hydrogen) atoms. The lowest BCUT2D eigenvalue weighted by Gasteiger charge is -2.08. The van der Waals surface area contributed by atoms with Crippen LogP contribution < -0.4 is 10.1 Å². The summed E-state index contributed by atoms with van der Waals surface area (Å²) in [6.45, 7) is 5.22. The highest BCUT2D eigenvalue weighted by Gasteiger charge is 2.30. The second-order valence-corrected chi connectivity index (χ2v) is 7.21. The number of nitrogens with zero attached hydrogens (tertiary/aromatic N) is 1. The van der Waals surface area contributed by atoms with E-state index < -0.39 is 11.7 Å². The quantitative estimate of drug-likeness (QED) is 0.257. The van der Waals surface area contributed by atoms with Gasteiger partial charge in [-0.2, -0.15) is 13.2 Å². The monoisotopic (exact) mass is 412 g/mol. The lowest BCUT2D eigenvalue weighted by Crippen LogP contribution is -2.25. The molecule has 1 aromatic heterocycles. The van der Waals surface area contributed by atoms with Gasteiger partial charge in [-0.25, -0.2) is 4.98 Å². The predicted octanol–water partition coefficient (Wildman–Crippen LogP) is 5.70. The minimum atomic E-state index is -4.38. The van der Waals surface area contributed by atoms with Crippen LogP contribution >= 0.6 is 0 Å². The first kappa shape index (κ1) is 24.7. The summed E-state index contributed by atoms with van der Waals surface area (Å²) in [4.78, 5) is 15.1. The molecule has 0 spiro atoms. The zero-order valence-electron chi connectivity index (χ0n) is 17.2. The van der Waals surface area contributed by atoms with Gasteiger partial charge in [0.1, 0.15) is 0 Å². The molecule has 0 atom stereocenters. The van der Waals surface area contributed by atoms with E-state index in [9.17, 15) is 18.0 Å². The van der Waals surface area contributed by atoms with Crippen LogP contribution in [0, 0.1) is 5.92 Å². The SMILES string of the molecule is CC(C)CNC(=O)/C=C/C=C/CCCCCCCOc1ccc(C(F)(F)F)cn1. The number of hydrogen-bond acceptors (Lipinski definition) is 3. The van der Waals surface area contributed by atoms with Crippen LogP contribution in [0.4, 0.5) is 13.2 Å². The van der Waals surface area contributed by atoms with Crippen LogP contribution in [-0.2, 0) is 11.0 Å². The normalized spacial score (nSPS) is 12.2. The van der Waals surface area contributed by atoms with Crippen LogP contribution in [0.15, 0.2) is 42.6 Å². The Morgan fingerprint density at radius 3 is 2.52 bits per heavy atom. The maximum atomic E-state index is 12.4. The first-order valence-corrected chi connectivity index (χ1v) is 10.1. The summed E-state index contributed by atoms with van der Waals surface area (Å²) in [6.07, 6.45) is 9.68. The van der Waals surface area contributed by atoms with Crippen molar-refractivity contribution >= 4 is 5.91 Å². The maximum Gasteiger partial charge on any atom is 0.417 e. The number of rotatable bonds is 13. The van der Waals surface area contributed by atoms with Crippen LogP contribution in [-0.4, -0.2) is 24.0 Å². The highest BCUT2D eigenvalue weighted by molar-refractivity contribution is 5.87. The van der Waals surface area contributed by atoms with E-state index in [1.807, 2.05) is 26.0 Å². The third-order valence-electron chi connectivity index (χ3n) is 4.01. The molecule has 0 aliphatic rings. The number of amides is 1. The molecule has 0 aromatic carbocycles. The lowest BCUT2D eigenvalue weighted by molar-refractivity contribution is -0.137. The van der Waals surface area contributed by atoms with Gasteiger partial charge >= 0.3 is 6.18 Å². The second kappa shape index (κ2) is 13.8. The standard InChI is InChI=1S/C22H31F3N2O2/c1-18(2)16-26-20(28)12-10-8-6-4-3-5-7-9-11-15-29-21-14-13-19(17-27-21)22(23,24)25/h6,8,10,12-14,17-18H,3-5,7,9,11,15-16H2,1-2H3,(H,26,28)/b8-6+,12-10+. The zero-order chi connectivity index (χ0) is 21.5. The molecular weight excluding hydrogens is 381 g/mol. The highest BCUT2D eigenvalue weighted by atomic mass is 19.4. The number of pyridine rings is 1. The summed E-state index contributed by atoms with van der Waals surface area (Å²) < 4.78 is 42.7. The predicted molar refractivity (Wildman–Crippen MR) is 109 cm³/mol. The van der Waals surface area contributed by atoms with Gasteiger partial charge in [-0.1, -0.05) is 51.3 Å². The van der Waals surface area contributed by atoms with E-state index >= 15 is 0 Å². The van der Waals surface area contributed by atoms with E-state index in [2.05, 4.69) is 10.3 Å². The zero-order valence-corrected chi connectivity index (χ0v) is 17.2. The molecule has 0 aliphatic heterocycles. The molecule has 0 unspecified atom stereocenters. The highest BCUT2D eigenvalue weighted by Crippen LogP contribution is 2.29. The summed E-state index contributed by atoms with van der Waals surface area (Å²) in [7, 11) is 0. The fraction of sp³-hybridized carbons (Fsp3) is 0.545. The Labute approximate surface area is 171 Å². The summed E-state index contributed by atoms with van der Waals surface area (Å²) in [5.74, 6) is 0.585. The molecule has 0 saturated heterocycles. The van der Waals surface area contributed by atoms with Crippen molar-refractivity contribution in [2.75, 3.05) is 13.2 Å². The van der Waals surface area contributed by atoms with Gasteiger partial charge in [-0.15, -0.1) is 0 Å². The average Bonchev–Trinajstić information content (AvgIpc) is 2.67. The van der Waals surface area contributed by atoms with Gasteiger partial charge in [0.25, 0.3) is 0 Å². The second-order valence-electron chi connectivity index (χ2n) is 7.21. The average molecular weight is 412 g/mol. The van der Waals surface area contributed by atoms with Gasteiger partial charge < -0.3 is 10.1 Å². The number of aromatic nitrogens is 1. The maximum absolute atomic E-state index is 12.4. The van der Waals surface area contributed by atoms with Crippen molar-refractivity contribution in [2.24, 2.45) is 5.92 Å². The van der Waals surface area contributed by atoms with Crippen molar-refractivity contribution in [3.8, 4) is 5.88 Å². The van der Waals surface area contributed by atoms with Crippen molar-refractivity contribution < 1.29 is 22.7 Å². The van der Waals surface area contributed by atoms with Gasteiger partial charge in [0.15, 0.2) is 0 Å². The van der Waals surface area contributed by atoms with Gasteiger partial charge in [0.2, 0.25) is 11.8 Å². The van der Waals surface area contributed by atoms with Crippen LogP contribution in [0.3, 0.4) is 0 Å². The van der Waals surface area contributed by atoms with E-state index in [1.54, 1.807) is 6.08 Å². The smallest absolute Gasteiger partial charge is 0.417 e. The lowest BCUT2D eigenvalue weighted by atomic mass is 10.1. The molecule has 0 bridgehead atoms. The first-order valence-electron chi connectivity index (χ1n) is 10.1. The van der Waals surface area contributed by atoms with Crippen LogP contribution in [0.5, 0.6) is 5.88 Å². The van der Waals surface area contributed by atoms with E-state index in [0.717, 1.165) is 50.8 Å². The number of halogens is 3. The Kier molecular flexibility index (Phi) is 11.8. The molecule has 1 amide bonds. The molecule has 0 radical (unpaired) electrons. The number of unbranched alkanes of at least 4 members (excludes halogenated alkanes) is 5. The van der Waals surface area contributed by atoms with Crippen molar-refractivity contribution in [3.05, 3.63) is 48.2 Å². The van der Waals surface area contributed by atoms with Crippen molar-refractivity contribution in [1.29, 1.82) is 0 Å². The van der Waals surface area contributed by atoms with E-state index in [0.29, 0.717) is 19.1 Å². The molecule has 1 heterocycles. The summed E-state index contributed by atoms with van der Waals surface area (Å²) in [6, 6.07) is 2.22. The number of carbonyl (C=O) groups is 1. The van der Waals surface area contributed by atoms with Gasteiger partial charge in [0, 0.05) is 24.9 Å². The Balaban J connectivity index is 2.00. The molecule has 162 valence electrons. The Morgan fingerprint density at radius 1 is 1.14 bits per heavy atom. The fourth-order valence-corrected chi connectivity index (χ4v) is 2.39. The molecule has 1 aromatic rings. The fourth-order valence-electron chi connectivity index (χ4n) is 2.39. The summed E-state index contributed by atoms with van der Waals surface area (Å²) in [5.41, 5.74) is -0.774. The Hall–Kier alpha value is -2.31. The molecular formula is C22H31F3N2O2.